The quantitative estimate of drug-likeness (QED) is 0.732. The first kappa shape index (κ1) is 18.1. The van der Waals surface area contributed by atoms with E-state index < -0.39 is 0 Å². The Bertz CT molecular complexity index is 987. The lowest BCUT2D eigenvalue weighted by molar-refractivity contribution is 0.120. The molecule has 28 heavy (non-hydrogen) atoms. The summed E-state index contributed by atoms with van der Waals surface area (Å²) in [4.78, 5) is 18.4. The number of amides is 1. The highest BCUT2D eigenvalue weighted by molar-refractivity contribution is 5.81. The van der Waals surface area contributed by atoms with Crippen LogP contribution in [0.15, 0.2) is 42.7 Å². The molecule has 1 aromatic carbocycles. The lowest BCUT2D eigenvalue weighted by Gasteiger charge is -2.23. The Morgan fingerprint density at radius 2 is 2.11 bits per heavy atom. The van der Waals surface area contributed by atoms with Crippen molar-refractivity contribution in [2.75, 3.05) is 32.6 Å². The number of hydrogen-bond acceptors (Lipinski definition) is 6. The third-order valence-electron chi connectivity index (χ3n) is 5.07. The van der Waals surface area contributed by atoms with Gasteiger partial charge in [-0.2, -0.15) is 5.10 Å². The van der Waals surface area contributed by atoms with Crippen molar-refractivity contribution in [2.24, 2.45) is 0 Å². The molecule has 1 amide bonds. The van der Waals surface area contributed by atoms with Crippen LogP contribution >= 0.6 is 0 Å². The Morgan fingerprint density at radius 3 is 2.93 bits per heavy atom. The highest BCUT2D eigenvalue weighted by Gasteiger charge is 2.29. The van der Waals surface area contributed by atoms with Crippen LogP contribution in [0.1, 0.15) is 12.8 Å². The zero-order valence-corrected chi connectivity index (χ0v) is 16.0. The fraction of sp³-hybridized carbons (Fsp3) is 0.350. The second-order valence-electron chi connectivity index (χ2n) is 6.68. The van der Waals surface area contributed by atoms with E-state index >= 15 is 0 Å². The Balaban J connectivity index is 1.57. The molecule has 0 bridgehead atoms. The Labute approximate surface area is 163 Å². The van der Waals surface area contributed by atoms with Gasteiger partial charge in [-0.1, -0.05) is 18.2 Å². The third kappa shape index (κ3) is 3.33. The highest BCUT2D eigenvalue weighted by Crippen LogP contribution is 2.32. The summed E-state index contributed by atoms with van der Waals surface area (Å²) in [6.45, 7) is 1.35. The van der Waals surface area contributed by atoms with Crippen molar-refractivity contribution in [2.45, 2.75) is 18.9 Å². The second-order valence-corrected chi connectivity index (χ2v) is 6.68. The maximum atomic E-state index is 11.9. The molecule has 1 saturated heterocycles. The molecule has 1 N–H and O–H groups in total. The number of benzene rings is 1. The van der Waals surface area contributed by atoms with E-state index in [9.17, 15) is 4.79 Å². The van der Waals surface area contributed by atoms with Crippen molar-refractivity contribution < 1.29 is 14.3 Å². The first-order valence-corrected chi connectivity index (χ1v) is 9.27. The van der Waals surface area contributed by atoms with Crippen molar-refractivity contribution in [1.29, 1.82) is 0 Å². The van der Waals surface area contributed by atoms with Crippen LogP contribution in [-0.2, 0) is 4.74 Å². The lowest BCUT2D eigenvalue weighted by atomic mass is 10.1. The van der Waals surface area contributed by atoms with Gasteiger partial charge >= 0.3 is 6.09 Å². The number of methoxy groups -OCH3 is 2. The largest absolute Gasteiger partial charge is 0.496 e. The summed E-state index contributed by atoms with van der Waals surface area (Å²) in [5.41, 5.74) is 2.58. The number of carbonyl (C=O) groups excluding carboxylic acids is 1. The fourth-order valence-corrected chi connectivity index (χ4v) is 3.65. The number of rotatable bonds is 5. The monoisotopic (exact) mass is 381 g/mol. The maximum Gasteiger partial charge on any atom is 0.409 e. The van der Waals surface area contributed by atoms with Crippen LogP contribution in [0.2, 0.25) is 0 Å². The third-order valence-corrected chi connectivity index (χ3v) is 5.07. The Hall–Kier alpha value is -3.29. The smallest absolute Gasteiger partial charge is 0.409 e. The summed E-state index contributed by atoms with van der Waals surface area (Å²) < 4.78 is 12.1. The van der Waals surface area contributed by atoms with Gasteiger partial charge in [-0.05, 0) is 25.0 Å². The minimum Gasteiger partial charge on any atom is -0.496 e. The van der Waals surface area contributed by atoms with Gasteiger partial charge < -0.3 is 19.7 Å². The fourth-order valence-electron chi connectivity index (χ4n) is 3.65. The Morgan fingerprint density at radius 1 is 1.25 bits per heavy atom. The predicted molar refractivity (Wildman–Crippen MR) is 106 cm³/mol. The van der Waals surface area contributed by atoms with Gasteiger partial charge in [0.2, 0.25) is 0 Å². The van der Waals surface area contributed by atoms with E-state index in [4.69, 9.17) is 14.5 Å². The number of nitrogens with zero attached hydrogens (tertiary/aromatic N) is 4. The summed E-state index contributed by atoms with van der Waals surface area (Å²) in [7, 11) is 3.07. The molecule has 8 heteroatoms. The average Bonchev–Trinajstić information content (AvgIpc) is 3.38. The number of carbonyl (C=O) groups is 1. The number of ether oxygens (including phenoxy) is 2. The molecule has 3 heterocycles. The van der Waals surface area contributed by atoms with Crippen LogP contribution in [0.3, 0.4) is 0 Å². The van der Waals surface area contributed by atoms with E-state index in [1.54, 1.807) is 22.7 Å². The van der Waals surface area contributed by atoms with E-state index in [2.05, 4.69) is 10.4 Å². The molecule has 1 aliphatic rings. The van der Waals surface area contributed by atoms with Gasteiger partial charge in [0.05, 0.1) is 32.0 Å². The van der Waals surface area contributed by atoms with Crippen LogP contribution in [0.25, 0.3) is 16.8 Å². The molecule has 0 radical (unpaired) electrons. The molecule has 1 unspecified atom stereocenters. The van der Waals surface area contributed by atoms with Crippen LogP contribution in [0, 0.1) is 0 Å². The van der Waals surface area contributed by atoms with Crippen molar-refractivity contribution in [3.8, 4) is 16.9 Å². The van der Waals surface area contributed by atoms with Gasteiger partial charge in [-0.25, -0.2) is 14.3 Å². The zero-order valence-electron chi connectivity index (χ0n) is 16.0. The van der Waals surface area contributed by atoms with E-state index in [0.717, 1.165) is 47.7 Å². The summed E-state index contributed by atoms with van der Waals surface area (Å²) in [5.74, 6) is 1.51. The Kier molecular flexibility index (Phi) is 5.01. The van der Waals surface area contributed by atoms with Crippen molar-refractivity contribution in [3.63, 3.8) is 0 Å². The first-order chi connectivity index (χ1) is 13.7. The average molecular weight is 381 g/mol. The van der Waals surface area contributed by atoms with Crippen molar-refractivity contribution >= 4 is 17.6 Å². The minimum atomic E-state index is -0.276. The molecule has 1 atom stereocenters. The molecule has 1 fully saturated rings. The van der Waals surface area contributed by atoms with E-state index in [0.29, 0.717) is 6.54 Å². The molecule has 8 nitrogen and oxygen atoms in total. The highest BCUT2D eigenvalue weighted by atomic mass is 16.5. The maximum absolute atomic E-state index is 11.9. The number of anilines is 1. The number of likely N-dealkylation sites (tertiary alicyclic amines) is 1. The predicted octanol–water partition coefficient (Wildman–Crippen LogP) is 3.05. The SMILES string of the molecule is COC(=O)N1CCCC1CNc1ccn2ncc(-c3ccccc3OC)c2n1. The lowest BCUT2D eigenvalue weighted by Crippen LogP contribution is -2.39. The van der Waals surface area contributed by atoms with Gasteiger partial charge in [0.25, 0.3) is 0 Å². The molecule has 0 spiro atoms. The van der Waals surface area contributed by atoms with E-state index in [1.165, 1.54) is 7.11 Å². The van der Waals surface area contributed by atoms with Gasteiger partial charge in [0, 0.05) is 24.8 Å². The molecular formula is C20H23N5O3. The van der Waals surface area contributed by atoms with Crippen LogP contribution in [0.4, 0.5) is 10.6 Å². The van der Waals surface area contributed by atoms with Crippen molar-refractivity contribution in [1.82, 2.24) is 19.5 Å². The van der Waals surface area contributed by atoms with Gasteiger partial charge in [-0.3, -0.25) is 0 Å². The number of para-hydroxylation sites is 1. The molecule has 1 aliphatic heterocycles. The van der Waals surface area contributed by atoms with Gasteiger partial charge in [-0.15, -0.1) is 0 Å². The first-order valence-electron chi connectivity index (χ1n) is 9.27. The number of nitrogens with one attached hydrogen (secondary N) is 1. The molecular weight excluding hydrogens is 358 g/mol. The standard InChI is InChI=1S/C20H23N5O3/c1-27-17-8-4-3-7-15(17)16-13-22-25-11-9-18(23-19(16)25)21-12-14-6-5-10-24(14)20(26)28-2/h3-4,7-9,11,13-14H,5-6,10,12H2,1-2H3,(H,21,23). The summed E-state index contributed by atoms with van der Waals surface area (Å²) in [6, 6.07) is 9.79. The number of fused-ring (bicyclic) bond motifs is 1. The summed E-state index contributed by atoms with van der Waals surface area (Å²) in [5, 5.41) is 7.75. The normalized spacial score (nSPS) is 16.4. The molecule has 0 aliphatic carbocycles. The molecule has 0 saturated carbocycles. The van der Waals surface area contributed by atoms with E-state index in [-0.39, 0.29) is 12.1 Å². The number of aromatic nitrogens is 3. The van der Waals surface area contributed by atoms with Crippen LogP contribution < -0.4 is 10.1 Å². The van der Waals surface area contributed by atoms with Gasteiger partial charge in [0.15, 0.2) is 5.65 Å². The molecule has 146 valence electrons. The summed E-state index contributed by atoms with van der Waals surface area (Å²) in [6.07, 6.45) is 5.32. The second kappa shape index (κ2) is 7.75. The zero-order chi connectivity index (χ0) is 19.5. The van der Waals surface area contributed by atoms with Crippen LogP contribution in [-0.4, -0.2) is 58.9 Å². The topological polar surface area (TPSA) is 81.0 Å². The molecule has 3 aromatic rings. The molecule has 4 rings (SSSR count). The minimum absolute atomic E-state index is 0.101. The molecule has 2 aromatic heterocycles. The van der Waals surface area contributed by atoms with Crippen LogP contribution in [0.5, 0.6) is 5.75 Å². The number of hydrogen-bond donors (Lipinski definition) is 1. The van der Waals surface area contributed by atoms with E-state index in [1.807, 2.05) is 36.5 Å². The summed E-state index contributed by atoms with van der Waals surface area (Å²) >= 11 is 0. The van der Waals surface area contributed by atoms with Gasteiger partial charge in [0.1, 0.15) is 11.6 Å². The van der Waals surface area contributed by atoms with Crippen molar-refractivity contribution in [3.05, 3.63) is 42.7 Å².